The van der Waals surface area contributed by atoms with Crippen molar-refractivity contribution in [3.63, 3.8) is 0 Å². The van der Waals surface area contributed by atoms with Crippen molar-refractivity contribution < 1.29 is 9.59 Å². The molecule has 1 saturated heterocycles. The molecule has 2 aromatic rings. The third-order valence-corrected chi connectivity index (χ3v) is 4.94. The van der Waals surface area contributed by atoms with Gasteiger partial charge in [-0.3, -0.25) is 9.59 Å². The summed E-state index contributed by atoms with van der Waals surface area (Å²) in [5.41, 5.74) is 1.77. The number of carbonyl (C=O) groups is 2. The van der Waals surface area contributed by atoms with Gasteiger partial charge in [-0.05, 0) is 43.0 Å². The van der Waals surface area contributed by atoms with Crippen LogP contribution in [0.15, 0.2) is 48.7 Å². The van der Waals surface area contributed by atoms with Crippen LogP contribution in [-0.4, -0.2) is 36.9 Å². The summed E-state index contributed by atoms with van der Waals surface area (Å²) in [5.74, 6) is 0.867. The van der Waals surface area contributed by atoms with Crippen molar-refractivity contribution in [2.75, 3.05) is 30.4 Å². The van der Waals surface area contributed by atoms with E-state index in [1.54, 1.807) is 13.2 Å². The lowest BCUT2D eigenvalue weighted by Gasteiger charge is -2.33. The molecule has 142 valence electrons. The third kappa shape index (κ3) is 5.06. The molecule has 6 nitrogen and oxygen atoms in total. The van der Waals surface area contributed by atoms with Crippen LogP contribution in [0.5, 0.6) is 0 Å². The van der Waals surface area contributed by atoms with Crippen molar-refractivity contribution in [2.45, 2.75) is 25.7 Å². The standard InChI is InChI=1S/C21H26N4O2/c1-22-20(26)12-11-16-7-2-3-9-18(16)24-21(27)17-8-6-14-25(15-17)19-10-4-5-13-23-19/h2-5,7,9-10,13,17H,6,8,11-12,14-15H2,1H3,(H,22,26)(H,24,27). The van der Waals surface area contributed by atoms with Crippen molar-refractivity contribution in [3.05, 3.63) is 54.2 Å². The fraction of sp³-hybridized carbons (Fsp3) is 0.381. The Morgan fingerprint density at radius 1 is 1.19 bits per heavy atom. The lowest BCUT2D eigenvalue weighted by atomic mass is 9.96. The van der Waals surface area contributed by atoms with Crippen LogP contribution in [0.3, 0.4) is 0 Å². The highest BCUT2D eigenvalue weighted by Crippen LogP contribution is 2.24. The number of aromatic nitrogens is 1. The fourth-order valence-electron chi connectivity index (χ4n) is 3.41. The Balaban J connectivity index is 1.64. The molecule has 2 amide bonds. The Kier molecular flexibility index (Phi) is 6.41. The van der Waals surface area contributed by atoms with Gasteiger partial charge in [0.25, 0.3) is 0 Å². The van der Waals surface area contributed by atoms with Gasteiger partial charge in [-0.25, -0.2) is 4.98 Å². The number of anilines is 2. The predicted molar refractivity (Wildman–Crippen MR) is 107 cm³/mol. The van der Waals surface area contributed by atoms with Crippen LogP contribution in [0, 0.1) is 5.92 Å². The molecule has 2 N–H and O–H groups in total. The zero-order valence-electron chi connectivity index (χ0n) is 15.6. The van der Waals surface area contributed by atoms with E-state index in [9.17, 15) is 9.59 Å². The second kappa shape index (κ2) is 9.16. The number of hydrogen-bond acceptors (Lipinski definition) is 4. The van der Waals surface area contributed by atoms with Gasteiger partial charge < -0.3 is 15.5 Å². The van der Waals surface area contributed by atoms with Crippen molar-refractivity contribution in [2.24, 2.45) is 5.92 Å². The molecule has 1 aliphatic rings. The molecule has 1 aliphatic heterocycles. The number of carbonyl (C=O) groups excluding carboxylic acids is 2. The number of piperidine rings is 1. The molecule has 0 saturated carbocycles. The second-order valence-electron chi connectivity index (χ2n) is 6.79. The lowest BCUT2D eigenvalue weighted by molar-refractivity contribution is -0.121. The number of nitrogens with one attached hydrogen (secondary N) is 2. The van der Waals surface area contributed by atoms with Crippen LogP contribution < -0.4 is 15.5 Å². The lowest BCUT2D eigenvalue weighted by Crippen LogP contribution is -2.41. The Morgan fingerprint density at radius 3 is 2.78 bits per heavy atom. The summed E-state index contributed by atoms with van der Waals surface area (Å²) in [5, 5.41) is 5.71. The molecule has 27 heavy (non-hydrogen) atoms. The first-order valence-corrected chi connectivity index (χ1v) is 9.42. The van der Waals surface area contributed by atoms with E-state index in [2.05, 4.69) is 20.5 Å². The van der Waals surface area contributed by atoms with Crippen LogP contribution in [0.1, 0.15) is 24.8 Å². The van der Waals surface area contributed by atoms with E-state index in [1.165, 1.54) is 0 Å². The fourth-order valence-corrected chi connectivity index (χ4v) is 3.41. The number of rotatable bonds is 6. The summed E-state index contributed by atoms with van der Waals surface area (Å²) >= 11 is 0. The summed E-state index contributed by atoms with van der Waals surface area (Å²) in [7, 11) is 1.63. The first kappa shape index (κ1) is 18.9. The number of nitrogens with zero attached hydrogens (tertiary/aromatic N) is 2. The average Bonchev–Trinajstić information content (AvgIpc) is 2.73. The molecule has 0 radical (unpaired) electrons. The van der Waals surface area contributed by atoms with Gasteiger partial charge in [-0.2, -0.15) is 0 Å². The van der Waals surface area contributed by atoms with Crippen molar-refractivity contribution in [1.82, 2.24) is 10.3 Å². The number of benzene rings is 1. The Morgan fingerprint density at radius 2 is 2.00 bits per heavy atom. The molecular formula is C21H26N4O2. The summed E-state index contributed by atoms with van der Waals surface area (Å²) < 4.78 is 0. The quantitative estimate of drug-likeness (QED) is 0.824. The molecule has 6 heteroatoms. The van der Waals surface area contributed by atoms with Gasteiger partial charge in [-0.1, -0.05) is 24.3 Å². The molecule has 1 atom stereocenters. The largest absolute Gasteiger partial charge is 0.359 e. The van der Waals surface area contributed by atoms with E-state index in [0.29, 0.717) is 19.4 Å². The maximum atomic E-state index is 12.9. The van der Waals surface area contributed by atoms with Crippen LogP contribution in [0.25, 0.3) is 0 Å². The van der Waals surface area contributed by atoms with E-state index in [1.807, 2.05) is 42.5 Å². The highest BCUT2D eigenvalue weighted by Gasteiger charge is 2.26. The van der Waals surface area contributed by atoms with E-state index < -0.39 is 0 Å². The molecule has 1 fully saturated rings. The van der Waals surface area contributed by atoms with E-state index >= 15 is 0 Å². The van der Waals surface area contributed by atoms with Gasteiger partial charge in [0, 0.05) is 38.4 Å². The summed E-state index contributed by atoms with van der Waals surface area (Å²) in [6.07, 6.45) is 4.62. The summed E-state index contributed by atoms with van der Waals surface area (Å²) in [6.45, 7) is 1.59. The molecule has 3 rings (SSSR count). The topological polar surface area (TPSA) is 74.3 Å². The number of hydrogen-bond donors (Lipinski definition) is 2. The first-order chi connectivity index (χ1) is 13.2. The monoisotopic (exact) mass is 366 g/mol. The average molecular weight is 366 g/mol. The molecule has 1 aromatic carbocycles. The minimum absolute atomic E-state index is 0.00517. The molecule has 2 heterocycles. The van der Waals surface area contributed by atoms with Crippen molar-refractivity contribution >= 4 is 23.3 Å². The maximum absolute atomic E-state index is 12.9. The molecule has 0 aliphatic carbocycles. The molecular weight excluding hydrogens is 340 g/mol. The number of pyridine rings is 1. The molecule has 1 unspecified atom stereocenters. The van der Waals surface area contributed by atoms with Crippen LogP contribution in [0.2, 0.25) is 0 Å². The SMILES string of the molecule is CNC(=O)CCc1ccccc1NC(=O)C1CCCN(c2ccccn2)C1. The van der Waals surface area contributed by atoms with E-state index in [-0.39, 0.29) is 17.7 Å². The highest BCUT2D eigenvalue weighted by molar-refractivity contribution is 5.93. The van der Waals surface area contributed by atoms with Crippen LogP contribution in [0.4, 0.5) is 11.5 Å². The maximum Gasteiger partial charge on any atom is 0.229 e. The zero-order chi connectivity index (χ0) is 19.1. The van der Waals surface area contributed by atoms with Gasteiger partial charge in [0.2, 0.25) is 11.8 Å². The van der Waals surface area contributed by atoms with Crippen LogP contribution in [-0.2, 0) is 16.0 Å². The van der Waals surface area contributed by atoms with Gasteiger partial charge in [0.05, 0.1) is 5.92 Å². The van der Waals surface area contributed by atoms with Crippen molar-refractivity contribution in [1.29, 1.82) is 0 Å². The third-order valence-electron chi connectivity index (χ3n) is 4.94. The molecule has 1 aromatic heterocycles. The first-order valence-electron chi connectivity index (χ1n) is 9.42. The van der Waals surface area contributed by atoms with E-state index in [4.69, 9.17) is 0 Å². The smallest absolute Gasteiger partial charge is 0.229 e. The number of aryl methyl sites for hydroxylation is 1. The Bertz CT molecular complexity index is 779. The Labute approximate surface area is 160 Å². The minimum atomic E-state index is -0.0762. The Hall–Kier alpha value is -2.89. The number of amides is 2. The predicted octanol–water partition coefficient (Wildman–Crippen LogP) is 2.62. The van der Waals surface area contributed by atoms with Gasteiger partial charge in [0.1, 0.15) is 5.82 Å². The normalized spacial score (nSPS) is 16.6. The second-order valence-corrected chi connectivity index (χ2v) is 6.79. The van der Waals surface area contributed by atoms with E-state index in [0.717, 1.165) is 36.5 Å². The van der Waals surface area contributed by atoms with Crippen molar-refractivity contribution in [3.8, 4) is 0 Å². The molecule has 0 spiro atoms. The summed E-state index contributed by atoms with van der Waals surface area (Å²) in [4.78, 5) is 31.0. The summed E-state index contributed by atoms with van der Waals surface area (Å²) in [6, 6.07) is 13.5. The van der Waals surface area contributed by atoms with Gasteiger partial charge in [-0.15, -0.1) is 0 Å². The van der Waals surface area contributed by atoms with Crippen LogP contribution >= 0.6 is 0 Å². The van der Waals surface area contributed by atoms with Gasteiger partial charge in [0.15, 0.2) is 0 Å². The highest BCUT2D eigenvalue weighted by atomic mass is 16.2. The molecule has 0 bridgehead atoms. The number of para-hydroxylation sites is 1. The van der Waals surface area contributed by atoms with Gasteiger partial charge >= 0.3 is 0 Å². The zero-order valence-corrected chi connectivity index (χ0v) is 15.6. The minimum Gasteiger partial charge on any atom is -0.359 e.